The molecule has 0 saturated heterocycles. The number of nitrogens with one attached hydrogen (secondary N) is 2. The maximum atomic E-state index is 12.5. The van der Waals surface area contributed by atoms with Gasteiger partial charge in [0.25, 0.3) is 11.8 Å². The summed E-state index contributed by atoms with van der Waals surface area (Å²) in [5.41, 5.74) is 0.418. The lowest BCUT2D eigenvalue weighted by Crippen LogP contribution is -2.47. The molecule has 2 N–H and O–H groups in total. The Hall–Kier alpha value is -2.57. The minimum Gasteiger partial charge on any atom is -0.494 e. The number of amides is 2. The molecule has 1 saturated carbocycles. The average molecular weight is 419 g/mol. The van der Waals surface area contributed by atoms with Crippen LogP contribution in [0, 0.1) is 11.8 Å². The van der Waals surface area contributed by atoms with Crippen LogP contribution in [-0.4, -0.2) is 43.1 Å². The standard InChI is InChI=1S/C23H34N2O5/c1-5-29-18-12-10-17(11-13-18)22(27)25-21(15(2)3)23(28)30-14-20(26)24-19-9-7-6-8-16(19)4/h10-13,15-16,19,21H,5-9,14H2,1-4H3,(H,24,26)(H,25,27)/t16-,19+,21-/m0/s1. The van der Waals surface area contributed by atoms with Crippen molar-refractivity contribution in [3.63, 3.8) is 0 Å². The van der Waals surface area contributed by atoms with Gasteiger partial charge in [0.05, 0.1) is 6.61 Å². The topological polar surface area (TPSA) is 93.7 Å². The molecule has 0 aromatic heterocycles. The number of ether oxygens (including phenoxy) is 2. The number of benzene rings is 1. The van der Waals surface area contributed by atoms with Crippen LogP contribution >= 0.6 is 0 Å². The van der Waals surface area contributed by atoms with Crippen LogP contribution in [0.3, 0.4) is 0 Å². The molecule has 2 rings (SSSR count). The van der Waals surface area contributed by atoms with Gasteiger partial charge in [-0.15, -0.1) is 0 Å². The highest BCUT2D eigenvalue weighted by Crippen LogP contribution is 2.23. The molecular weight excluding hydrogens is 384 g/mol. The van der Waals surface area contributed by atoms with Gasteiger partial charge >= 0.3 is 5.97 Å². The summed E-state index contributed by atoms with van der Waals surface area (Å²) in [6, 6.07) is 5.98. The second-order valence-corrected chi connectivity index (χ2v) is 8.20. The smallest absolute Gasteiger partial charge is 0.329 e. The van der Waals surface area contributed by atoms with Crippen LogP contribution < -0.4 is 15.4 Å². The highest BCUT2D eigenvalue weighted by molar-refractivity contribution is 5.97. The Kier molecular flexibility index (Phi) is 9.15. The molecular formula is C23H34N2O5. The Bertz CT molecular complexity index is 717. The molecule has 0 unspecified atom stereocenters. The van der Waals surface area contributed by atoms with Gasteiger partial charge in [-0.1, -0.05) is 33.6 Å². The fourth-order valence-electron chi connectivity index (χ4n) is 3.60. The quantitative estimate of drug-likeness (QED) is 0.601. The summed E-state index contributed by atoms with van der Waals surface area (Å²) >= 11 is 0. The second-order valence-electron chi connectivity index (χ2n) is 8.20. The van der Waals surface area contributed by atoms with Crippen molar-refractivity contribution >= 4 is 17.8 Å². The highest BCUT2D eigenvalue weighted by atomic mass is 16.5. The summed E-state index contributed by atoms with van der Waals surface area (Å²) in [4.78, 5) is 37.2. The van der Waals surface area contributed by atoms with Crippen LogP contribution in [0.1, 0.15) is 63.7 Å². The molecule has 1 aliphatic carbocycles. The minimum absolute atomic E-state index is 0.130. The highest BCUT2D eigenvalue weighted by Gasteiger charge is 2.28. The van der Waals surface area contributed by atoms with Crippen LogP contribution in [0.4, 0.5) is 0 Å². The van der Waals surface area contributed by atoms with E-state index in [9.17, 15) is 14.4 Å². The lowest BCUT2D eigenvalue weighted by molar-refractivity contribution is -0.151. The number of esters is 1. The molecule has 7 heteroatoms. The van der Waals surface area contributed by atoms with E-state index in [0.717, 1.165) is 19.3 Å². The average Bonchev–Trinajstić information content (AvgIpc) is 2.72. The molecule has 1 aliphatic rings. The van der Waals surface area contributed by atoms with Crippen LogP contribution in [-0.2, 0) is 14.3 Å². The Morgan fingerprint density at radius 1 is 1.10 bits per heavy atom. The predicted octanol–water partition coefficient (Wildman–Crippen LogP) is 3.08. The Labute approximate surface area is 178 Å². The normalized spacial score (nSPS) is 19.6. The first-order chi connectivity index (χ1) is 14.3. The van der Waals surface area contributed by atoms with Crippen molar-refractivity contribution in [3.8, 4) is 5.75 Å². The van der Waals surface area contributed by atoms with E-state index in [1.54, 1.807) is 24.3 Å². The van der Waals surface area contributed by atoms with Crippen molar-refractivity contribution in [2.45, 2.75) is 65.5 Å². The summed E-state index contributed by atoms with van der Waals surface area (Å²) in [6.45, 7) is 7.84. The number of rotatable bonds is 9. The van der Waals surface area contributed by atoms with Gasteiger partial charge in [-0.3, -0.25) is 9.59 Å². The van der Waals surface area contributed by atoms with Gasteiger partial charge in [0.1, 0.15) is 11.8 Å². The van der Waals surface area contributed by atoms with E-state index in [2.05, 4.69) is 17.6 Å². The molecule has 1 fully saturated rings. The monoisotopic (exact) mass is 418 g/mol. The molecule has 0 radical (unpaired) electrons. The van der Waals surface area contributed by atoms with Gasteiger partial charge < -0.3 is 20.1 Å². The molecule has 166 valence electrons. The zero-order valence-corrected chi connectivity index (χ0v) is 18.4. The molecule has 7 nitrogen and oxygen atoms in total. The molecule has 0 spiro atoms. The lowest BCUT2D eigenvalue weighted by atomic mass is 9.86. The van der Waals surface area contributed by atoms with E-state index in [4.69, 9.17) is 9.47 Å². The van der Waals surface area contributed by atoms with Crippen LogP contribution in [0.15, 0.2) is 24.3 Å². The van der Waals surface area contributed by atoms with Crippen molar-refractivity contribution in [2.24, 2.45) is 11.8 Å². The predicted molar refractivity (Wildman–Crippen MR) is 114 cm³/mol. The van der Waals surface area contributed by atoms with Crippen molar-refractivity contribution in [1.82, 2.24) is 10.6 Å². The molecule has 1 aromatic carbocycles. The van der Waals surface area contributed by atoms with Crippen molar-refractivity contribution in [2.75, 3.05) is 13.2 Å². The summed E-state index contributed by atoms with van der Waals surface area (Å²) in [5.74, 6) is -0.388. The van der Waals surface area contributed by atoms with E-state index in [0.29, 0.717) is 23.8 Å². The molecule has 3 atom stereocenters. The molecule has 0 heterocycles. The van der Waals surface area contributed by atoms with E-state index >= 15 is 0 Å². The summed E-state index contributed by atoms with van der Waals surface area (Å²) in [7, 11) is 0. The first kappa shape index (κ1) is 23.7. The SMILES string of the molecule is CCOc1ccc(C(=O)N[C@H](C(=O)OCC(=O)N[C@@H]2CCCC[C@@H]2C)C(C)C)cc1. The maximum absolute atomic E-state index is 12.5. The minimum atomic E-state index is -0.842. The Morgan fingerprint density at radius 2 is 1.77 bits per heavy atom. The molecule has 0 bridgehead atoms. The largest absolute Gasteiger partial charge is 0.494 e. The lowest BCUT2D eigenvalue weighted by Gasteiger charge is -2.29. The molecule has 0 aliphatic heterocycles. The Morgan fingerprint density at radius 3 is 2.37 bits per heavy atom. The number of hydrogen-bond acceptors (Lipinski definition) is 5. The van der Waals surface area contributed by atoms with Crippen molar-refractivity contribution in [3.05, 3.63) is 29.8 Å². The van der Waals surface area contributed by atoms with Crippen LogP contribution in [0.25, 0.3) is 0 Å². The van der Waals surface area contributed by atoms with Gasteiger partial charge in [0.15, 0.2) is 6.61 Å². The molecule has 30 heavy (non-hydrogen) atoms. The third-order valence-corrected chi connectivity index (χ3v) is 5.44. The van der Waals surface area contributed by atoms with Gasteiger partial charge in [0.2, 0.25) is 0 Å². The van der Waals surface area contributed by atoms with E-state index in [1.807, 2.05) is 20.8 Å². The maximum Gasteiger partial charge on any atom is 0.329 e. The van der Waals surface area contributed by atoms with Crippen molar-refractivity contribution in [1.29, 1.82) is 0 Å². The van der Waals surface area contributed by atoms with Crippen LogP contribution in [0.2, 0.25) is 0 Å². The summed E-state index contributed by atoms with van der Waals surface area (Å²) in [5, 5.41) is 5.67. The van der Waals surface area contributed by atoms with E-state index in [1.165, 1.54) is 6.42 Å². The zero-order valence-electron chi connectivity index (χ0n) is 18.4. The third kappa shape index (κ3) is 7.04. The van der Waals surface area contributed by atoms with Crippen LogP contribution in [0.5, 0.6) is 5.75 Å². The first-order valence-corrected chi connectivity index (χ1v) is 10.8. The first-order valence-electron chi connectivity index (χ1n) is 10.8. The van der Waals surface area contributed by atoms with E-state index in [-0.39, 0.29) is 30.4 Å². The summed E-state index contributed by atoms with van der Waals surface area (Å²) in [6.07, 6.45) is 4.33. The van der Waals surface area contributed by atoms with E-state index < -0.39 is 12.0 Å². The molecule has 2 amide bonds. The zero-order chi connectivity index (χ0) is 22.1. The molecule has 1 aromatic rings. The second kappa shape index (κ2) is 11.6. The fourth-order valence-corrected chi connectivity index (χ4v) is 3.60. The number of hydrogen-bond donors (Lipinski definition) is 2. The Balaban J connectivity index is 1.87. The number of carbonyl (C=O) groups is 3. The van der Waals surface area contributed by atoms with Gasteiger partial charge in [0, 0.05) is 11.6 Å². The fraction of sp³-hybridized carbons (Fsp3) is 0.609. The van der Waals surface area contributed by atoms with Crippen molar-refractivity contribution < 1.29 is 23.9 Å². The van der Waals surface area contributed by atoms with Gasteiger partial charge in [-0.05, 0) is 55.9 Å². The van der Waals surface area contributed by atoms with Gasteiger partial charge in [-0.25, -0.2) is 4.79 Å². The summed E-state index contributed by atoms with van der Waals surface area (Å²) < 4.78 is 10.6. The third-order valence-electron chi connectivity index (χ3n) is 5.44. The number of carbonyl (C=O) groups excluding carboxylic acids is 3. The van der Waals surface area contributed by atoms with Gasteiger partial charge in [-0.2, -0.15) is 0 Å².